The average molecular weight is 381 g/mol. The molecule has 1 amide bonds. The van der Waals surface area contributed by atoms with Gasteiger partial charge in [0.15, 0.2) is 0 Å². The van der Waals surface area contributed by atoms with Crippen molar-refractivity contribution < 1.29 is 32.0 Å². The van der Waals surface area contributed by atoms with E-state index in [2.05, 4.69) is 5.32 Å². The molecule has 26 heavy (non-hydrogen) atoms. The summed E-state index contributed by atoms with van der Waals surface area (Å²) in [7, 11) is -0.0104. The Kier molecular flexibility index (Phi) is 5.73. The van der Waals surface area contributed by atoms with Gasteiger partial charge in [-0.1, -0.05) is 0 Å². The minimum Gasteiger partial charge on any atom is -0.496 e. The van der Waals surface area contributed by atoms with Gasteiger partial charge in [0.1, 0.15) is 22.8 Å². The summed E-state index contributed by atoms with van der Waals surface area (Å²) in [4.78, 5) is 12.5. The third-order valence-corrected chi connectivity index (χ3v) is 4.54. The average Bonchev–Trinajstić information content (AvgIpc) is 2.60. The highest BCUT2D eigenvalue weighted by atomic mass is 32.2. The summed E-state index contributed by atoms with van der Waals surface area (Å²) >= 11 is 0. The molecule has 0 aliphatic heterocycles. The van der Waals surface area contributed by atoms with Crippen LogP contribution in [-0.2, 0) is 10.1 Å². The van der Waals surface area contributed by atoms with Crippen LogP contribution >= 0.6 is 0 Å². The Morgan fingerprint density at radius 3 is 2.00 bits per heavy atom. The monoisotopic (exact) mass is 381 g/mol. The van der Waals surface area contributed by atoms with Crippen molar-refractivity contribution >= 4 is 21.7 Å². The van der Waals surface area contributed by atoms with Crippen LogP contribution in [0.3, 0.4) is 0 Å². The Hall–Kier alpha value is -2.78. The van der Waals surface area contributed by atoms with E-state index in [1.54, 1.807) is 19.1 Å². The fourth-order valence-electron chi connectivity index (χ4n) is 2.35. The summed E-state index contributed by atoms with van der Waals surface area (Å²) in [6, 6.07) is 6.93. The number of amides is 1. The van der Waals surface area contributed by atoms with E-state index >= 15 is 0 Å². The number of hydrogen-bond donors (Lipinski definition) is 2. The summed E-state index contributed by atoms with van der Waals surface area (Å²) < 4.78 is 47.1. The van der Waals surface area contributed by atoms with Crippen molar-refractivity contribution in [3.8, 4) is 17.2 Å². The molecular formula is C17H19NO7S. The molecule has 140 valence electrons. The Balaban J connectivity index is 2.42. The molecule has 0 atom stereocenters. The molecule has 2 aromatic carbocycles. The molecule has 0 radical (unpaired) electrons. The molecule has 0 unspecified atom stereocenters. The molecule has 0 aromatic heterocycles. The number of nitrogens with one attached hydrogen (secondary N) is 1. The topological polar surface area (TPSA) is 111 Å². The second-order valence-corrected chi connectivity index (χ2v) is 6.73. The lowest BCUT2D eigenvalue weighted by Crippen LogP contribution is -2.15. The van der Waals surface area contributed by atoms with E-state index in [9.17, 15) is 13.2 Å². The van der Waals surface area contributed by atoms with Gasteiger partial charge in [-0.3, -0.25) is 9.35 Å². The maximum absolute atomic E-state index is 12.7. The highest BCUT2D eigenvalue weighted by Crippen LogP contribution is 2.34. The van der Waals surface area contributed by atoms with E-state index < -0.39 is 16.0 Å². The second kappa shape index (κ2) is 7.63. The van der Waals surface area contributed by atoms with Crippen molar-refractivity contribution in [1.29, 1.82) is 0 Å². The molecule has 0 bridgehead atoms. The minimum absolute atomic E-state index is 0.161. The molecule has 0 spiro atoms. The maximum atomic E-state index is 12.7. The predicted molar refractivity (Wildman–Crippen MR) is 95.0 cm³/mol. The summed E-state index contributed by atoms with van der Waals surface area (Å²) in [5.41, 5.74) is 0.997. The van der Waals surface area contributed by atoms with Gasteiger partial charge in [0, 0.05) is 17.8 Å². The molecule has 0 saturated carbocycles. The zero-order valence-electron chi connectivity index (χ0n) is 14.7. The molecule has 2 rings (SSSR count). The summed E-state index contributed by atoms with van der Waals surface area (Å²) in [6.07, 6.45) is 0. The van der Waals surface area contributed by atoms with Crippen molar-refractivity contribution in [3.63, 3.8) is 0 Å². The predicted octanol–water partition coefficient (Wildman–Crippen LogP) is 2.52. The molecule has 0 aliphatic rings. The highest BCUT2D eigenvalue weighted by molar-refractivity contribution is 7.85. The van der Waals surface area contributed by atoms with Crippen LogP contribution in [0.15, 0.2) is 35.2 Å². The van der Waals surface area contributed by atoms with Crippen LogP contribution in [-0.4, -0.2) is 40.2 Å². The van der Waals surface area contributed by atoms with Crippen LogP contribution in [0, 0.1) is 6.92 Å². The van der Waals surface area contributed by atoms with E-state index in [1.807, 2.05) is 0 Å². The highest BCUT2D eigenvalue weighted by Gasteiger charge is 2.21. The van der Waals surface area contributed by atoms with Gasteiger partial charge < -0.3 is 19.5 Å². The van der Waals surface area contributed by atoms with E-state index in [4.69, 9.17) is 18.8 Å². The number of carbonyl (C=O) groups is 1. The molecular weight excluding hydrogens is 362 g/mol. The van der Waals surface area contributed by atoms with Crippen LogP contribution in [0.4, 0.5) is 5.69 Å². The van der Waals surface area contributed by atoms with Crippen molar-refractivity contribution in [3.05, 3.63) is 41.5 Å². The molecule has 0 aliphatic carbocycles. The van der Waals surface area contributed by atoms with Crippen LogP contribution < -0.4 is 19.5 Å². The Morgan fingerprint density at radius 1 is 1.00 bits per heavy atom. The molecule has 0 heterocycles. The number of hydrogen-bond acceptors (Lipinski definition) is 6. The van der Waals surface area contributed by atoms with Crippen molar-refractivity contribution in [2.24, 2.45) is 0 Å². The Bertz CT molecular complexity index is 913. The van der Waals surface area contributed by atoms with Crippen molar-refractivity contribution in [2.45, 2.75) is 11.8 Å². The third-order valence-electron chi connectivity index (χ3n) is 3.69. The summed E-state index contributed by atoms with van der Waals surface area (Å²) in [5.74, 6) is 0.463. The van der Waals surface area contributed by atoms with E-state index in [1.165, 1.54) is 39.5 Å². The van der Waals surface area contributed by atoms with Gasteiger partial charge in [0.2, 0.25) is 0 Å². The number of rotatable bonds is 6. The fraction of sp³-hybridized carbons (Fsp3) is 0.235. The first-order chi connectivity index (χ1) is 12.2. The third kappa shape index (κ3) is 4.06. The van der Waals surface area contributed by atoms with Crippen molar-refractivity contribution in [2.75, 3.05) is 26.6 Å². The maximum Gasteiger partial charge on any atom is 0.294 e. The molecule has 0 saturated heterocycles. The smallest absolute Gasteiger partial charge is 0.294 e. The van der Waals surface area contributed by atoms with Gasteiger partial charge >= 0.3 is 0 Å². The van der Waals surface area contributed by atoms with Gasteiger partial charge in [-0.25, -0.2) is 0 Å². The first kappa shape index (κ1) is 19.5. The number of aryl methyl sites for hydroxylation is 1. The Morgan fingerprint density at radius 2 is 1.58 bits per heavy atom. The largest absolute Gasteiger partial charge is 0.496 e. The number of methoxy groups -OCH3 is 3. The zero-order chi connectivity index (χ0) is 19.5. The van der Waals surface area contributed by atoms with Crippen LogP contribution in [0.1, 0.15) is 15.9 Å². The van der Waals surface area contributed by atoms with Gasteiger partial charge in [-0.15, -0.1) is 0 Å². The lowest BCUT2D eigenvalue weighted by Gasteiger charge is -2.16. The second-order valence-electron chi connectivity index (χ2n) is 5.31. The lowest BCUT2D eigenvalue weighted by atomic mass is 10.1. The molecule has 9 heteroatoms. The minimum atomic E-state index is -4.32. The fourth-order valence-corrected chi connectivity index (χ4v) is 2.92. The molecule has 8 nitrogen and oxygen atoms in total. The van der Waals surface area contributed by atoms with E-state index in [-0.39, 0.29) is 22.0 Å². The van der Waals surface area contributed by atoms with Crippen molar-refractivity contribution in [1.82, 2.24) is 0 Å². The van der Waals surface area contributed by atoms with E-state index in [0.717, 1.165) is 0 Å². The summed E-state index contributed by atoms with van der Waals surface area (Å²) in [6.45, 7) is 1.60. The van der Waals surface area contributed by atoms with Gasteiger partial charge in [0.25, 0.3) is 16.0 Å². The normalized spacial score (nSPS) is 11.0. The van der Waals surface area contributed by atoms with Crippen LogP contribution in [0.25, 0.3) is 0 Å². The van der Waals surface area contributed by atoms with Gasteiger partial charge in [0.05, 0.1) is 26.2 Å². The van der Waals surface area contributed by atoms with Crippen LogP contribution in [0.5, 0.6) is 17.2 Å². The quantitative estimate of drug-likeness (QED) is 0.740. The van der Waals surface area contributed by atoms with Gasteiger partial charge in [-0.05, 0) is 30.7 Å². The SMILES string of the molecule is COc1cc(OC)c(C(=O)Nc2ccc(S(=O)(=O)O)cc2C)c(OC)c1. The first-order valence-corrected chi connectivity index (χ1v) is 8.84. The van der Waals surface area contributed by atoms with E-state index in [0.29, 0.717) is 17.0 Å². The zero-order valence-corrected chi connectivity index (χ0v) is 15.5. The standard InChI is InChI=1S/C17H19NO7S/c1-10-7-12(26(20,21)22)5-6-13(10)18-17(19)16-14(24-3)8-11(23-2)9-15(16)25-4/h5-9H,1-4H3,(H,18,19)(H,20,21,22). The first-order valence-electron chi connectivity index (χ1n) is 7.40. The number of anilines is 1. The van der Waals surface area contributed by atoms with Gasteiger partial charge in [-0.2, -0.15) is 8.42 Å². The molecule has 0 fully saturated rings. The summed E-state index contributed by atoms with van der Waals surface area (Å²) in [5, 5.41) is 2.68. The molecule has 2 aromatic rings. The van der Waals surface area contributed by atoms with Crippen LogP contribution in [0.2, 0.25) is 0 Å². The lowest BCUT2D eigenvalue weighted by molar-refractivity contribution is 0.102. The number of ether oxygens (including phenoxy) is 3. The molecule has 2 N–H and O–H groups in total. The number of carbonyl (C=O) groups excluding carboxylic acids is 1. The Labute approximate surface area is 151 Å². The number of benzene rings is 2.